The van der Waals surface area contributed by atoms with Gasteiger partial charge in [-0.15, -0.1) is 0 Å². The Morgan fingerprint density at radius 2 is 1.96 bits per heavy atom. The molecule has 0 bridgehead atoms. The fourth-order valence-corrected chi connectivity index (χ4v) is 2.25. The largest absolute Gasteiger partial charge is 0.487 e. The van der Waals surface area contributed by atoms with Gasteiger partial charge in [0.15, 0.2) is 0 Å². The Labute approximate surface area is 135 Å². The normalized spacial score (nSPS) is 11.7. The number of hydrogen-bond donors (Lipinski definition) is 0. The minimum Gasteiger partial charge on any atom is -0.487 e. The Morgan fingerprint density at radius 1 is 1.17 bits per heavy atom. The summed E-state index contributed by atoms with van der Waals surface area (Å²) in [5, 5.41) is 0. The maximum absolute atomic E-state index is 12.7. The molecule has 24 heavy (non-hydrogen) atoms. The predicted octanol–water partition coefficient (Wildman–Crippen LogP) is 3.60. The van der Waals surface area contributed by atoms with E-state index in [-0.39, 0.29) is 17.9 Å². The lowest BCUT2D eigenvalue weighted by Gasteiger charge is -2.10. The first-order valence-corrected chi connectivity index (χ1v) is 7.12. The lowest BCUT2D eigenvalue weighted by molar-refractivity contribution is -0.137. The van der Waals surface area contributed by atoms with E-state index < -0.39 is 11.7 Å². The first kappa shape index (κ1) is 16.0. The molecule has 0 saturated heterocycles. The van der Waals surface area contributed by atoms with Gasteiger partial charge in [-0.3, -0.25) is 9.20 Å². The zero-order chi connectivity index (χ0) is 17.3. The van der Waals surface area contributed by atoms with Crippen LogP contribution in [-0.4, -0.2) is 9.38 Å². The number of fused-ring (bicyclic) bond motifs is 1. The van der Waals surface area contributed by atoms with Gasteiger partial charge in [0, 0.05) is 12.3 Å². The van der Waals surface area contributed by atoms with E-state index in [1.807, 2.05) is 6.92 Å². The van der Waals surface area contributed by atoms with Gasteiger partial charge >= 0.3 is 6.18 Å². The number of rotatable bonds is 3. The molecule has 0 amide bonds. The summed E-state index contributed by atoms with van der Waals surface area (Å²) in [7, 11) is 0. The maximum Gasteiger partial charge on any atom is 0.416 e. The molecule has 0 aliphatic rings. The molecule has 3 aromatic rings. The fourth-order valence-electron chi connectivity index (χ4n) is 2.25. The summed E-state index contributed by atoms with van der Waals surface area (Å²) in [5.41, 5.74) is 0.691. The molecule has 1 aromatic carbocycles. The lowest BCUT2D eigenvalue weighted by Crippen LogP contribution is -2.16. The Hall–Kier alpha value is -2.83. The highest BCUT2D eigenvalue weighted by Crippen LogP contribution is 2.31. The van der Waals surface area contributed by atoms with Crippen LogP contribution in [0.2, 0.25) is 0 Å². The molecule has 0 unspecified atom stereocenters. The van der Waals surface area contributed by atoms with Crippen molar-refractivity contribution in [3.8, 4) is 5.75 Å². The van der Waals surface area contributed by atoms with E-state index in [1.54, 1.807) is 18.3 Å². The van der Waals surface area contributed by atoms with Crippen molar-refractivity contribution in [3.05, 3.63) is 75.8 Å². The van der Waals surface area contributed by atoms with Gasteiger partial charge in [-0.25, -0.2) is 4.98 Å². The van der Waals surface area contributed by atoms with Gasteiger partial charge in [0.05, 0.1) is 11.3 Å². The molecule has 0 aliphatic carbocycles. The highest BCUT2D eigenvalue weighted by molar-refractivity contribution is 5.41. The van der Waals surface area contributed by atoms with Gasteiger partial charge in [-0.1, -0.05) is 6.07 Å². The number of ether oxygens (including phenoxy) is 1. The standard InChI is InChI=1S/C17H13F3N2O2/c1-11-5-6-22-15(7-11)21-13(9-16(22)23)10-24-14-4-2-3-12(8-14)17(18,19)20/h2-9H,10H2,1H3. The van der Waals surface area contributed by atoms with Crippen LogP contribution in [0.5, 0.6) is 5.75 Å². The molecule has 4 nitrogen and oxygen atoms in total. The van der Waals surface area contributed by atoms with Crippen molar-refractivity contribution in [1.82, 2.24) is 9.38 Å². The van der Waals surface area contributed by atoms with Crippen LogP contribution in [0.15, 0.2) is 53.5 Å². The Kier molecular flexibility index (Phi) is 4.01. The number of halogens is 3. The van der Waals surface area contributed by atoms with Crippen LogP contribution < -0.4 is 10.3 Å². The van der Waals surface area contributed by atoms with Crippen molar-refractivity contribution in [1.29, 1.82) is 0 Å². The summed E-state index contributed by atoms with van der Waals surface area (Å²) in [6.45, 7) is 1.78. The zero-order valence-electron chi connectivity index (χ0n) is 12.7. The smallest absolute Gasteiger partial charge is 0.416 e. The van der Waals surface area contributed by atoms with Crippen molar-refractivity contribution in [3.63, 3.8) is 0 Å². The fraction of sp³-hybridized carbons (Fsp3) is 0.176. The SMILES string of the molecule is Cc1ccn2c(=O)cc(COc3cccc(C(F)(F)F)c3)nc2c1. The molecule has 0 N–H and O–H groups in total. The van der Waals surface area contributed by atoms with Crippen molar-refractivity contribution < 1.29 is 17.9 Å². The van der Waals surface area contributed by atoms with Gasteiger partial charge in [0.1, 0.15) is 18.0 Å². The average Bonchev–Trinajstić information content (AvgIpc) is 2.52. The van der Waals surface area contributed by atoms with Crippen LogP contribution in [0.25, 0.3) is 5.65 Å². The van der Waals surface area contributed by atoms with E-state index in [0.29, 0.717) is 11.3 Å². The number of aryl methyl sites for hydroxylation is 1. The molecule has 0 aliphatic heterocycles. The number of aromatic nitrogens is 2. The minimum absolute atomic E-state index is 0.0658. The second kappa shape index (κ2) is 5.99. The number of benzene rings is 1. The first-order valence-electron chi connectivity index (χ1n) is 7.12. The van der Waals surface area contributed by atoms with E-state index in [2.05, 4.69) is 4.98 Å². The average molecular weight is 334 g/mol. The molecule has 0 radical (unpaired) electrons. The van der Waals surface area contributed by atoms with Gasteiger partial charge in [0.25, 0.3) is 5.56 Å². The Bertz CT molecular complexity index is 948. The first-order chi connectivity index (χ1) is 11.3. The lowest BCUT2D eigenvalue weighted by atomic mass is 10.2. The second-order valence-corrected chi connectivity index (χ2v) is 5.33. The van der Waals surface area contributed by atoms with Gasteiger partial charge in [-0.05, 0) is 42.8 Å². The molecular formula is C17H13F3N2O2. The maximum atomic E-state index is 12.7. The summed E-state index contributed by atoms with van der Waals surface area (Å²) in [6, 6.07) is 9.41. The molecule has 0 saturated carbocycles. The summed E-state index contributed by atoms with van der Waals surface area (Å²) >= 11 is 0. The van der Waals surface area contributed by atoms with Crippen molar-refractivity contribution in [2.75, 3.05) is 0 Å². The van der Waals surface area contributed by atoms with Crippen LogP contribution >= 0.6 is 0 Å². The highest BCUT2D eigenvalue weighted by Gasteiger charge is 2.30. The monoisotopic (exact) mass is 334 g/mol. The number of hydrogen-bond acceptors (Lipinski definition) is 3. The number of pyridine rings is 1. The third kappa shape index (κ3) is 3.40. The van der Waals surface area contributed by atoms with E-state index in [0.717, 1.165) is 17.7 Å². The third-order valence-corrected chi connectivity index (χ3v) is 3.42. The quantitative estimate of drug-likeness (QED) is 0.735. The predicted molar refractivity (Wildman–Crippen MR) is 82.0 cm³/mol. The Balaban J connectivity index is 1.85. The van der Waals surface area contributed by atoms with Crippen LogP contribution in [0, 0.1) is 6.92 Å². The van der Waals surface area contributed by atoms with Gasteiger partial charge < -0.3 is 4.74 Å². The second-order valence-electron chi connectivity index (χ2n) is 5.33. The number of nitrogens with zero attached hydrogens (tertiary/aromatic N) is 2. The summed E-state index contributed by atoms with van der Waals surface area (Å²) in [6.07, 6.45) is -2.81. The molecule has 2 aromatic heterocycles. The number of alkyl halides is 3. The van der Waals surface area contributed by atoms with Gasteiger partial charge in [0.2, 0.25) is 0 Å². The molecule has 0 fully saturated rings. The zero-order valence-corrected chi connectivity index (χ0v) is 12.7. The van der Waals surface area contributed by atoms with E-state index >= 15 is 0 Å². The van der Waals surface area contributed by atoms with E-state index in [9.17, 15) is 18.0 Å². The van der Waals surface area contributed by atoms with Crippen LogP contribution in [0.3, 0.4) is 0 Å². The molecule has 0 atom stereocenters. The van der Waals surface area contributed by atoms with Gasteiger partial charge in [-0.2, -0.15) is 13.2 Å². The van der Waals surface area contributed by atoms with E-state index in [4.69, 9.17) is 4.74 Å². The minimum atomic E-state index is -4.43. The van der Waals surface area contributed by atoms with Crippen LogP contribution in [0.1, 0.15) is 16.8 Å². The van der Waals surface area contributed by atoms with Crippen LogP contribution in [0.4, 0.5) is 13.2 Å². The molecular weight excluding hydrogens is 321 g/mol. The van der Waals surface area contributed by atoms with Crippen molar-refractivity contribution in [2.24, 2.45) is 0 Å². The molecule has 2 heterocycles. The third-order valence-electron chi connectivity index (χ3n) is 3.42. The molecule has 124 valence electrons. The van der Waals surface area contributed by atoms with Crippen molar-refractivity contribution in [2.45, 2.75) is 19.7 Å². The molecule has 0 spiro atoms. The summed E-state index contributed by atoms with van der Waals surface area (Å²) in [5.74, 6) is 0.0658. The summed E-state index contributed by atoms with van der Waals surface area (Å²) in [4.78, 5) is 16.3. The van der Waals surface area contributed by atoms with E-state index in [1.165, 1.54) is 22.6 Å². The van der Waals surface area contributed by atoms with Crippen LogP contribution in [-0.2, 0) is 12.8 Å². The topological polar surface area (TPSA) is 43.6 Å². The Morgan fingerprint density at radius 3 is 2.71 bits per heavy atom. The van der Waals surface area contributed by atoms with Crippen molar-refractivity contribution >= 4 is 5.65 Å². The summed E-state index contributed by atoms with van der Waals surface area (Å²) < 4.78 is 44.8. The molecule has 3 rings (SSSR count). The molecule has 7 heteroatoms. The highest BCUT2D eigenvalue weighted by atomic mass is 19.4.